The van der Waals surface area contributed by atoms with Crippen LogP contribution in [-0.2, 0) is 11.2 Å². The molecule has 11 heavy (non-hydrogen) atoms. The normalized spacial score (nSPS) is 14.7. The summed E-state index contributed by atoms with van der Waals surface area (Å²) in [5.74, 6) is 0.798. The first-order valence-electron chi connectivity index (χ1n) is 3.47. The van der Waals surface area contributed by atoms with Crippen molar-refractivity contribution in [2.45, 2.75) is 6.42 Å². The Morgan fingerprint density at radius 2 is 2.18 bits per heavy atom. The summed E-state index contributed by atoms with van der Waals surface area (Å²) in [4.78, 5) is 10.8. The topological polar surface area (TPSA) is 26.3 Å². The van der Waals surface area contributed by atoms with Crippen LogP contribution in [-0.4, -0.2) is 13.2 Å². The Hall–Kier alpha value is -1.25. The van der Waals surface area contributed by atoms with Crippen molar-refractivity contribution < 1.29 is 9.45 Å². The number of hydrogen-bond acceptors (Lipinski definition) is 2. The van der Waals surface area contributed by atoms with Gasteiger partial charge in [0, 0.05) is 6.42 Å². The first-order valence-corrected chi connectivity index (χ1v) is 3.47. The van der Waals surface area contributed by atoms with Crippen molar-refractivity contribution in [3.63, 3.8) is 0 Å². The Morgan fingerprint density at radius 1 is 1.36 bits per heavy atom. The van der Waals surface area contributed by atoms with Gasteiger partial charge in [0.15, 0.2) is 0 Å². The number of carbonyl (C=O) groups is 1. The van der Waals surface area contributed by atoms with E-state index >= 15 is 0 Å². The van der Waals surface area contributed by atoms with E-state index in [2.05, 4.69) is 0 Å². The maximum absolute atomic E-state index is 10.8. The number of fused-ring (bicyclic) bond motifs is 1. The van der Waals surface area contributed by atoms with Crippen LogP contribution in [0.25, 0.3) is 0 Å². The standard InChI is InChI=1S/C8H6BO2/c10-8-5-6-3-1-2-4-7(6)11-9-8/h1-4H,5H2. The molecule has 0 atom stereocenters. The molecule has 0 saturated carbocycles. The van der Waals surface area contributed by atoms with Crippen LogP contribution >= 0.6 is 0 Å². The lowest BCUT2D eigenvalue weighted by Gasteiger charge is -2.14. The minimum Gasteiger partial charge on any atom is -0.555 e. The van der Waals surface area contributed by atoms with Crippen molar-refractivity contribution in [3.05, 3.63) is 29.8 Å². The number of rotatable bonds is 0. The van der Waals surface area contributed by atoms with Gasteiger partial charge in [0.1, 0.15) is 11.4 Å². The van der Waals surface area contributed by atoms with Crippen LogP contribution in [0.3, 0.4) is 0 Å². The summed E-state index contributed by atoms with van der Waals surface area (Å²) in [6.45, 7) is 0. The third-order valence-corrected chi connectivity index (χ3v) is 1.65. The fourth-order valence-corrected chi connectivity index (χ4v) is 1.12. The molecule has 0 aromatic heterocycles. The molecule has 1 heterocycles. The Bertz CT molecular complexity index is 296. The summed E-state index contributed by atoms with van der Waals surface area (Å²) >= 11 is 0. The Kier molecular flexibility index (Phi) is 1.42. The van der Waals surface area contributed by atoms with Crippen molar-refractivity contribution in [2.75, 3.05) is 0 Å². The van der Waals surface area contributed by atoms with Gasteiger partial charge in [-0.15, -0.1) is 0 Å². The summed E-state index contributed by atoms with van der Waals surface area (Å²) in [6.07, 6.45) is 0.468. The fourth-order valence-electron chi connectivity index (χ4n) is 1.12. The van der Waals surface area contributed by atoms with Crippen molar-refractivity contribution in [2.24, 2.45) is 0 Å². The van der Waals surface area contributed by atoms with E-state index in [0.717, 1.165) is 11.3 Å². The quantitative estimate of drug-likeness (QED) is 0.504. The van der Waals surface area contributed by atoms with E-state index in [1.54, 1.807) is 0 Å². The van der Waals surface area contributed by atoms with Gasteiger partial charge in [0.25, 0.3) is 0 Å². The zero-order valence-electron chi connectivity index (χ0n) is 5.91. The van der Waals surface area contributed by atoms with E-state index in [0.29, 0.717) is 6.42 Å². The van der Waals surface area contributed by atoms with E-state index < -0.39 is 0 Å². The van der Waals surface area contributed by atoms with Crippen LogP contribution in [0, 0.1) is 0 Å². The van der Waals surface area contributed by atoms with Crippen molar-refractivity contribution >= 4 is 13.2 Å². The molecule has 0 aliphatic carbocycles. The highest BCUT2D eigenvalue weighted by Gasteiger charge is 2.17. The SMILES string of the molecule is O=C1[B]Oc2ccccc2C1. The van der Waals surface area contributed by atoms with Crippen LogP contribution in [0.2, 0.25) is 0 Å². The summed E-state index contributed by atoms with van der Waals surface area (Å²) in [7, 11) is 1.27. The Labute approximate surface area is 65.5 Å². The van der Waals surface area contributed by atoms with Crippen molar-refractivity contribution in [1.82, 2.24) is 0 Å². The van der Waals surface area contributed by atoms with Gasteiger partial charge in [-0.05, 0) is 11.6 Å². The molecule has 1 aromatic rings. The summed E-state index contributed by atoms with van der Waals surface area (Å²) < 4.78 is 5.06. The van der Waals surface area contributed by atoms with Gasteiger partial charge in [-0.1, -0.05) is 18.2 Å². The molecule has 2 nitrogen and oxygen atoms in total. The maximum atomic E-state index is 10.8. The number of hydrogen-bond donors (Lipinski definition) is 0. The largest absolute Gasteiger partial charge is 0.555 e. The maximum Gasteiger partial charge on any atom is 0.451 e. The van der Waals surface area contributed by atoms with E-state index in [4.69, 9.17) is 4.65 Å². The van der Waals surface area contributed by atoms with Crippen molar-refractivity contribution in [1.29, 1.82) is 0 Å². The van der Waals surface area contributed by atoms with Crippen LogP contribution < -0.4 is 4.65 Å². The van der Waals surface area contributed by atoms with Gasteiger partial charge in [0.2, 0.25) is 0 Å². The third-order valence-electron chi connectivity index (χ3n) is 1.65. The second kappa shape index (κ2) is 2.42. The van der Waals surface area contributed by atoms with Crippen LogP contribution in [0.5, 0.6) is 5.75 Å². The summed E-state index contributed by atoms with van der Waals surface area (Å²) in [5, 5.41) is 0. The molecule has 0 N–H and O–H groups in total. The number of carbonyl (C=O) groups excluding carboxylic acids is 1. The lowest BCUT2D eigenvalue weighted by molar-refractivity contribution is -0.112. The minimum absolute atomic E-state index is 0.0312. The predicted molar refractivity (Wildman–Crippen MR) is 41.5 cm³/mol. The monoisotopic (exact) mass is 145 g/mol. The minimum atomic E-state index is 0.0312. The van der Waals surface area contributed by atoms with Gasteiger partial charge in [-0.2, -0.15) is 0 Å². The van der Waals surface area contributed by atoms with Crippen LogP contribution in [0.15, 0.2) is 24.3 Å². The molecule has 0 amide bonds. The fraction of sp³-hybridized carbons (Fsp3) is 0.125. The molecule has 1 aliphatic rings. The van der Waals surface area contributed by atoms with Crippen LogP contribution in [0.4, 0.5) is 0 Å². The summed E-state index contributed by atoms with van der Waals surface area (Å²) in [5.41, 5.74) is 1.00. The predicted octanol–water partition coefficient (Wildman–Crippen LogP) is 0.767. The molecular weight excluding hydrogens is 139 g/mol. The molecule has 1 radical (unpaired) electrons. The highest BCUT2D eigenvalue weighted by Crippen LogP contribution is 2.20. The molecule has 2 rings (SSSR count). The third kappa shape index (κ3) is 1.14. The first-order chi connectivity index (χ1) is 5.36. The van der Waals surface area contributed by atoms with Crippen LogP contribution in [0.1, 0.15) is 5.56 Å². The molecule has 3 heteroatoms. The molecule has 1 aromatic carbocycles. The number of para-hydroxylation sites is 1. The molecule has 0 spiro atoms. The van der Waals surface area contributed by atoms with Gasteiger partial charge < -0.3 is 9.45 Å². The second-order valence-electron chi connectivity index (χ2n) is 2.49. The second-order valence-corrected chi connectivity index (χ2v) is 2.49. The highest BCUT2D eigenvalue weighted by atomic mass is 16.4. The first kappa shape index (κ1) is 6.46. The van der Waals surface area contributed by atoms with Gasteiger partial charge >= 0.3 is 7.48 Å². The smallest absolute Gasteiger partial charge is 0.451 e. The Morgan fingerprint density at radius 3 is 3.09 bits per heavy atom. The molecule has 0 unspecified atom stereocenters. The molecule has 0 bridgehead atoms. The number of benzene rings is 1. The lowest BCUT2D eigenvalue weighted by Crippen LogP contribution is -2.23. The van der Waals surface area contributed by atoms with E-state index in [1.807, 2.05) is 24.3 Å². The highest BCUT2D eigenvalue weighted by molar-refractivity contribution is 6.70. The van der Waals surface area contributed by atoms with E-state index in [9.17, 15) is 4.79 Å². The molecule has 1 aliphatic heterocycles. The average Bonchev–Trinajstić information content (AvgIpc) is 2.04. The van der Waals surface area contributed by atoms with Gasteiger partial charge in [0.05, 0.1) is 0 Å². The average molecular weight is 145 g/mol. The molecule has 0 fully saturated rings. The Balaban J connectivity index is 2.41. The van der Waals surface area contributed by atoms with E-state index in [-0.39, 0.29) is 5.68 Å². The summed E-state index contributed by atoms with van der Waals surface area (Å²) in [6, 6.07) is 7.56. The zero-order valence-corrected chi connectivity index (χ0v) is 5.91. The molecular formula is C8H6BO2. The zero-order chi connectivity index (χ0) is 7.68. The van der Waals surface area contributed by atoms with Crippen molar-refractivity contribution in [3.8, 4) is 5.75 Å². The lowest BCUT2D eigenvalue weighted by atomic mass is 9.84. The molecule has 53 valence electrons. The van der Waals surface area contributed by atoms with Gasteiger partial charge in [-0.3, -0.25) is 0 Å². The van der Waals surface area contributed by atoms with E-state index in [1.165, 1.54) is 7.48 Å². The van der Waals surface area contributed by atoms with Gasteiger partial charge in [-0.25, -0.2) is 0 Å². The molecule has 0 saturated heterocycles.